The van der Waals surface area contributed by atoms with Crippen molar-refractivity contribution in [3.63, 3.8) is 0 Å². The molecule has 0 fully saturated rings. The van der Waals surface area contributed by atoms with Crippen LogP contribution in [0.4, 0.5) is 17.1 Å². The summed E-state index contributed by atoms with van der Waals surface area (Å²) in [6, 6.07) is 70.6. The summed E-state index contributed by atoms with van der Waals surface area (Å²) < 4.78 is 0. The number of rotatable bonds is 5. The summed E-state index contributed by atoms with van der Waals surface area (Å²) in [7, 11) is 0. The van der Waals surface area contributed by atoms with Crippen molar-refractivity contribution in [2.45, 2.75) is 43.9 Å². The monoisotopic (exact) mass is 717 g/mol. The van der Waals surface area contributed by atoms with Gasteiger partial charge in [0.1, 0.15) is 0 Å². The van der Waals surface area contributed by atoms with Crippen LogP contribution in [0.2, 0.25) is 0 Å². The first-order chi connectivity index (χ1) is 27.3. The van der Waals surface area contributed by atoms with Gasteiger partial charge in [0.05, 0.1) is 0 Å². The summed E-state index contributed by atoms with van der Waals surface area (Å²) in [5.74, 6) is 0. The van der Waals surface area contributed by atoms with Crippen molar-refractivity contribution in [3.05, 3.63) is 233 Å². The average molecular weight is 718 g/mol. The highest BCUT2D eigenvalue weighted by atomic mass is 15.1. The van der Waals surface area contributed by atoms with Crippen LogP contribution in [0.5, 0.6) is 0 Å². The Kier molecular flexibility index (Phi) is 6.93. The molecule has 0 saturated heterocycles. The van der Waals surface area contributed by atoms with E-state index in [9.17, 15) is 0 Å². The number of hydrogen-bond donors (Lipinski definition) is 0. The second-order valence-electron chi connectivity index (χ2n) is 16.8. The van der Waals surface area contributed by atoms with Crippen molar-refractivity contribution in [3.8, 4) is 33.4 Å². The normalized spacial score (nSPS) is 19.0. The van der Waals surface area contributed by atoms with Gasteiger partial charge in [0.15, 0.2) is 0 Å². The van der Waals surface area contributed by atoms with E-state index in [1.54, 1.807) is 0 Å². The summed E-state index contributed by atoms with van der Waals surface area (Å²) in [6.07, 6.45) is 0. The van der Waals surface area contributed by atoms with E-state index in [-0.39, 0.29) is 16.2 Å². The quantitative estimate of drug-likeness (QED) is 0.171. The zero-order chi connectivity index (χ0) is 37.8. The molecule has 11 rings (SSSR count). The van der Waals surface area contributed by atoms with E-state index < -0.39 is 0 Å². The number of anilines is 3. The van der Waals surface area contributed by atoms with Crippen LogP contribution in [0, 0.1) is 0 Å². The van der Waals surface area contributed by atoms with Gasteiger partial charge in [-0.3, -0.25) is 0 Å². The maximum Gasteiger partial charge on any atom is 0.0465 e. The minimum Gasteiger partial charge on any atom is -0.310 e. The number of benzene rings is 8. The molecule has 8 aromatic rings. The lowest BCUT2D eigenvalue weighted by molar-refractivity contribution is 0.660. The summed E-state index contributed by atoms with van der Waals surface area (Å²) in [5.41, 5.74) is 21.4. The van der Waals surface area contributed by atoms with Gasteiger partial charge in [0.25, 0.3) is 0 Å². The lowest BCUT2D eigenvalue weighted by Crippen LogP contribution is -2.23. The fourth-order valence-corrected chi connectivity index (χ4v) is 10.7. The summed E-state index contributed by atoms with van der Waals surface area (Å²) in [6.45, 7) is 9.57. The van der Waals surface area contributed by atoms with Gasteiger partial charge in [-0.15, -0.1) is 0 Å². The maximum absolute atomic E-state index is 2.52. The van der Waals surface area contributed by atoms with Gasteiger partial charge in [-0.25, -0.2) is 0 Å². The highest BCUT2D eigenvalue weighted by molar-refractivity contribution is 5.91. The van der Waals surface area contributed by atoms with Gasteiger partial charge in [0.2, 0.25) is 0 Å². The van der Waals surface area contributed by atoms with E-state index in [1.165, 1.54) is 83.6 Å². The second kappa shape index (κ2) is 11.8. The average Bonchev–Trinajstić information content (AvgIpc) is 3.77. The Hall–Kier alpha value is -6.44. The van der Waals surface area contributed by atoms with E-state index >= 15 is 0 Å². The van der Waals surface area contributed by atoms with Gasteiger partial charge in [0, 0.05) is 33.3 Å². The van der Waals surface area contributed by atoms with E-state index in [1.807, 2.05) is 0 Å². The Morgan fingerprint density at radius 1 is 0.286 bits per heavy atom. The van der Waals surface area contributed by atoms with Crippen molar-refractivity contribution < 1.29 is 0 Å². The predicted molar refractivity (Wildman–Crippen MR) is 234 cm³/mol. The number of nitrogens with zero attached hydrogens (tertiary/aromatic N) is 1. The van der Waals surface area contributed by atoms with Gasteiger partial charge in [-0.2, -0.15) is 0 Å². The SMILES string of the molecule is CC1(C)c2ccccc2-c2ccc(N(c3ccc4c(c3)C(C)(c3ccccc3)c3ccccc3-4)c3ccc4c(c3)C(C)(c3ccccc3)c3ccccc3-4)cc21. The zero-order valence-corrected chi connectivity index (χ0v) is 32.3. The molecule has 0 aliphatic heterocycles. The van der Waals surface area contributed by atoms with E-state index in [0.29, 0.717) is 0 Å². The largest absolute Gasteiger partial charge is 0.310 e. The topological polar surface area (TPSA) is 3.24 Å². The molecule has 2 unspecified atom stereocenters. The molecule has 1 nitrogen and oxygen atoms in total. The molecule has 1 heteroatoms. The van der Waals surface area contributed by atoms with Crippen LogP contribution in [0.3, 0.4) is 0 Å². The van der Waals surface area contributed by atoms with Crippen LogP contribution in [0.1, 0.15) is 72.2 Å². The lowest BCUT2D eigenvalue weighted by atomic mass is 9.74. The van der Waals surface area contributed by atoms with Gasteiger partial charge in [-0.05, 0) is 128 Å². The molecule has 0 bridgehead atoms. The molecule has 56 heavy (non-hydrogen) atoms. The fourth-order valence-electron chi connectivity index (χ4n) is 10.7. The Morgan fingerprint density at radius 2 is 0.607 bits per heavy atom. The highest BCUT2D eigenvalue weighted by Gasteiger charge is 2.43. The predicted octanol–water partition coefficient (Wildman–Crippen LogP) is 14.1. The molecule has 8 aromatic carbocycles. The molecule has 0 radical (unpaired) electrons. The van der Waals surface area contributed by atoms with Crippen LogP contribution in [-0.2, 0) is 16.2 Å². The Labute approximate surface area is 330 Å². The van der Waals surface area contributed by atoms with Gasteiger partial charge >= 0.3 is 0 Å². The van der Waals surface area contributed by atoms with Crippen molar-refractivity contribution in [1.29, 1.82) is 0 Å². The molecule has 2 atom stereocenters. The minimum atomic E-state index is -0.304. The van der Waals surface area contributed by atoms with Crippen LogP contribution in [0.15, 0.2) is 188 Å². The highest BCUT2D eigenvalue weighted by Crippen LogP contribution is 2.57. The standard InChI is InChI=1S/C55H43N/c1-53(2)47-24-14-11-21-41(47)44-30-27-38(33-50(44)53)56(39-28-31-45-42-22-12-15-25-48(42)54(3,51(45)34-39)36-17-7-5-8-18-36)40-29-32-46-43-23-13-16-26-49(43)55(4,52(46)35-40)37-19-9-6-10-20-37/h5-35H,1-4H3. The van der Waals surface area contributed by atoms with Crippen molar-refractivity contribution in [2.24, 2.45) is 0 Å². The van der Waals surface area contributed by atoms with Crippen LogP contribution in [-0.4, -0.2) is 0 Å². The van der Waals surface area contributed by atoms with Crippen LogP contribution < -0.4 is 4.90 Å². The molecule has 268 valence electrons. The minimum absolute atomic E-state index is 0.121. The van der Waals surface area contributed by atoms with E-state index in [2.05, 4.69) is 221 Å². The third-order valence-corrected chi connectivity index (χ3v) is 13.6. The summed E-state index contributed by atoms with van der Waals surface area (Å²) in [4.78, 5) is 2.52. The van der Waals surface area contributed by atoms with E-state index in [0.717, 1.165) is 11.4 Å². The van der Waals surface area contributed by atoms with Gasteiger partial charge < -0.3 is 4.90 Å². The second-order valence-corrected chi connectivity index (χ2v) is 16.8. The summed E-state index contributed by atoms with van der Waals surface area (Å²) in [5, 5.41) is 0. The number of fused-ring (bicyclic) bond motifs is 9. The first-order valence-electron chi connectivity index (χ1n) is 19.9. The molecular weight excluding hydrogens is 675 g/mol. The van der Waals surface area contributed by atoms with E-state index in [4.69, 9.17) is 0 Å². The molecule has 0 spiro atoms. The first kappa shape index (κ1) is 32.9. The molecule has 3 aliphatic rings. The molecule has 0 aromatic heterocycles. The smallest absolute Gasteiger partial charge is 0.0465 e. The van der Waals surface area contributed by atoms with Crippen LogP contribution in [0.25, 0.3) is 33.4 Å². The molecule has 0 heterocycles. The maximum atomic E-state index is 2.52. The third-order valence-electron chi connectivity index (χ3n) is 13.6. The van der Waals surface area contributed by atoms with Gasteiger partial charge in [-0.1, -0.05) is 166 Å². The van der Waals surface area contributed by atoms with Crippen LogP contribution >= 0.6 is 0 Å². The lowest BCUT2D eigenvalue weighted by Gasteiger charge is -2.33. The van der Waals surface area contributed by atoms with Crippen molar-refractivity contribution in [2.75, 3.05) is 4.90 Å². The Bertz CT molecular complexity index is 2720. The zero-order valence-electron chi connectivity index (χ0n) is 32.3. The Balaban J connectivity index is 1.16. The molecule has 0 saturated carbocycles. The fraction of sp³-hybridized carbons (Fsp3) is 0.127. The first-order valence-corrected chi connectivity index (χ1v) is 19.9. The number of hydrogen-bond acceptors (Lipinski definition) is 1. The van der Waals surface area contributed by atoms with Crippen molar-refractivity contribution in [1.82, 2.24) is 0 Å². The van der Waals surface area contributed by atoms with Crippen molar-refractivity contribution >= 4 is 17.1 Å². The molecule has 0 amide bonds. The molecule has 0 N–H and O–H groups in total. The summed E-state index contributed by atoms with van der Waals surface area (Å²) >= 11 is 0. The third kappa shape index (κ3) is 4.37. The molecular formula is C55H43N. The Morgan fingerprint density at radius 3 is 1.05 bits per heavy atom. The molecule has 3 aliphatic carbocycles.